The number of carbonyl (C=O) groups excluding carboxylic acids is 3. The van der Waals surface area contributed by atoms with E-state index in [1.165, 1.54) is 6.92 Å². The number of nitrogens with two attached hydrogens (primary N) is 1. The van der Waals surface area contributed by atoms with Crippen molar-refractivity contribution in [2.24, 2.45) is 11.7 Å². The molecule has 90 valence electrons. The van der Waals surface area contributed by atoms with Gasteiger partial charge < -0.3 is 10.6 Å². The lowest BCUT2D eigenvalue weighted by atomic mass is 9.93. The average Bonchev–Trinajstić information content (AvgIpc) is 2.16. The summed E-state index contributed by atoms with van der Waals surface area (Å²) in [6, 6.07) is 0. The summed E-state index contributed by atoms with van der Waals surface area (Å²) < 4.78 is 0. The first-order valence-corrected chi connectivity index (χ1v) is 5.54. The molecule has 0 aromatic rings. The minimum Gasteiger partial charge on any atom is -0.370 e. The van der Waals surface area contributed by atoms with E-state index in [-0.39, 0.29) is 24.0 Å². The maximum Gasteiger partial charge on any atom is 0.230 e. The predicted octanol–water partition coefficient (Wildman–Crippen LogP) is 0.0795. The molecule has 0 radical (unpaired) electrons. The Kier molecular flexibility index (Phi) is 4.46. The van der Waals surface area contributed by atoms with Gasteiger partial charge in [-0.15, -0.1) is 0 Å². The van der Waals surface area contributed by atoms with Gasteiger partial charge in [-0.1, -0.05) is 0 Å². The fraction of sp³-hybridized carbons (Fsp3) is 0.727. The fourth-order valence-electron chi connectivity index (χ4n) is 2.00. The molecule has 0 aromatic carbocycles. The first kappa shape index (κ1) is 12.7. The number of ketones is 1. The molecule has 0 aliphatic carbocycles. The predicted molar refractivity (Wildman–Crippen MR) is 58.4 cm³/mol. The number of Topliss-reactive ketones (excluding diaryl/α,β-unsaturated/α-hetero) is 1. The summed E-state index contributed by atoms with van der Waals surface area (Å²) in [7, 11) is 0. The van der Waals surface area contributed by atoms with Crippen molar-refractivity contribution in [2.45, 2.75) is 32.6 Å². The summed E-state index contributed by atoms with van der Waals surface area (Å²) in [5, 5.41) is 0. The van der Waals surface area contributed by atoms with Crippen molar-refractivity contribution in [1.29, 1.82) is 0 Å². The van der Waals surface area contributed by atoms with E-state index in [0.29, 0.717) is 25.4 Å². The van der Waals surface area contributed by atoms with E-state index in [0.717, 1.165) is 12.8 Å². The minimum atomic E-state index is -0.284. The number of primary amides is 1. The van der Waals surface area contributed by atoms with Crippen molar-refractivity contribution in [2.75, 3.05) is 13.1 Å². The van der Waals surface area contributed by atoms with Gasteiger partial charge in [0.2, 0.25) is 11.8 Å². The minimum absolute atomic E-state index is 0.0134. The number of nitrogens with zero attached hydrogens (tertiary/aromatic N) is 1. The Morgan fingerprint density at radius 2 is 1.81 bits per heavy atom. The molecule has 16 heavy (non-hydrogen) atoms. The summed E-state index contributed by atoms with van der Waals surface area (Å²) >= 11 is 0. The van der Waals surface area contributed by atoms with Gasteiger partial charge in [0.25, 0.3) is 0 Å². The molecule has 1 fully saturated rings. The highest BCUT2D eigenvalue weighted by atomic mass is 16.2. The SMILES string of the molecule is CC(=O)CC(=O)N1CCC(CC(N)=O)CC1. The molecule has 5 heteroatoms. The van der Waals surface area contributed by atoms with E-state index in [4.69, 9.17) is 5.73 Å². The van der Waals surface area contributed by atoms with Gasteiger partial charge in [0, 0.05) is 19.5 Å². The maximum absolute atomic E-state index is 11.6. The highest BCUT2D eigenvalue weighted by Crippen LogP contribution is 2.20. The second-order valence-corrected chi connectivity index (χ2v) is 4.37. The van der Waals surface area contributed by atoms with Gasteiger partial charge in [-0.05, 0) is 25.7 Å². The van der Waals surface area contributed by atoms with Gasteiger partial charge in [-0.3, -0.25) is 14.4 Å². The van der Waals surface area contributed by atoms with Gasteiger partial charge in [-0.2, -0.15) is 0 Å². The first-order chi connectivity index (χ1) is 7.49. The second-order valence-electron chi connectivity index (χ2n) is 4.37. The highest BCUT2D eigenvalue weighted by molar-refractivity contribution is 5.96. The Hall–Kier alpha value is -1.39. The van der Waals surface area contributed by atoms with Crippen molar-refractivity contribution < 1.29 is 14.4 Å². The van der Waals surface area contributed by atoms with Crippen LogP contribution < -0.4 is 5.73 Å². The summed E-state index contributed by atoms with van der Waals surface area (Å²) in [6.07, 6.45) is 1.98. The van der Waals surface area contributed by atoms with Crippen LogP contribution in [0.5, 0.6) is 0 Å². The Balaban J connectivity index is 2.34. The second kappa shape index (κ2) is 5.63. The van der Waals surface area contributed by atoms with Crippen LogP contribution in [0.4, 0.5) is 0 Å². The maximum atomic E-state index is 11.6. The van der Waals surface area contributed by atoms with Gasteiger partial charge >= 0.3 is 0 Å². The van der Waals surface area contributed by atoms with Gasteiger partial charge in [-0.25, -0.2) is 0 Å². The Morgan fingerprint density at radius 3 is 2.25 bits per heavy atom. The van der Waals surface area contributed by atoms with Crippen molar-refractivity contribution >= 4 is 17.6 Å². The largest absolute Gasteiger partial charge is 0.370 e. The van der Waals surface area contributed by atoms with Crippen LogP contribution in [0.1, 0.15) is 32.6 Å². The lowest BCUT2D eigenvalue weighted by Gasteiger charge is -2.31. The molecular formula is C11H18N2O3. The molecule has 0 aromatic heterocycles. The lowest BCUT2D eigenvalue weighted by molar-refractivity contribution is -0.135. The van der Waals surface area contributed by atoms with Gasteiger partial charge in [0.15, 0.2) is 0 Å². The van der Waals surface area contributed by atoms with Crippen LogP contribution in [0.2, 0.25) is 0 Å². The van der Waals surface area contributed by atoms with Crippen LogP contribution in [0, 0.1) is 5.92 Å². The van der Waals surface area contributed by atoms with E-state index >= 15 is 0 Å². The van der Waals surface area contributed by atoms with Crippen LogP contribution >= 0.6 is 0 Å². The monoisotopic (exact) mass is 226 g/mol. The Labute approximate surface area is 95.0 Å². The number of piperidine rings is 1. The standard InChI is InChI=1S/C11H18N2O3/c1-8(14)6-11(16)13-4-2-9(3-5-13)7-10(12)15/h9H,2-7H2,1H3,(H2,12,15). The quantitative estimate of drug-likeness (QED) is 0.689. The van der Waals surface area contributed by atoms with E-state index in [2.05, 4.69) is 0 Å². The Morgan fingerprint density at radius 1 is 1.25 bits per heavy atom. The summed E-state index contributed by atoms with van der Waals surface area (Å²) in [6.45, 7) is 2.67. The first-order valence-electron chi connectivity index (χ1n) is 5.54. The van der Waals surface area contributed by atoms with E-state index in [9.17, 15) is 14.4 Å². The molecule has 1 rings (SSSR count). The molecule has 2 amide bonds. The molecule has 1 aliphatic heterocycles. The Bertz CT molecular complexity index is 294. The smallest absolute Gasteiger partial charge is 0.230 e. The highest BCUT2D eigenvalue weighted by Gasteiger charge is 2.24. The number of hydrogen-bond acceptors (Lipinski definition) is 3. The molecule has 1 heterocycles. The normalized spacial score (nSPS) is 17.2. The van der Waals surface area contributed by atoms with Gasteiger partial charge in [0.1, 0.15) is 5.78 Å². The molecule has 0 spiro atoms. The molecule has 5 nitrogen and oxygen atoms in total. The van der Waals surface area contributed by atoms with Crippen LogP contribution in [-0.2, 0) is 14.4 Å². The third kappa shape index (κ3) is 4.00. The summed E-state index contributed by atoms with van der Waals surface area (Å²) in [5.41, 5.74) is 5.12. The van der Waals surface area contributed by atoms with Crippen molar-refractivity contribution in [3.63, 3.8) is 0 Å². The average molecular weight is 226 g/mol. The zero-order chi connectivity index (χ0) is 12.1. The molecule has 0 saturated carbocycles. The number of amides is 2. The van der Waals surface area contributed by atoms with E-state index in [1.807, 2.05) is 0 Å². The summed E-state index contributed by atoms with van der Waals surface area (Å²) in [5.74, 6) is -0.207. The number of carbonyl (C=O) groups is 3. The van der Waals surface area contributed by atoms with Crippen LogP contribution in [0.15, 0.2) is 0 Å². The molecule has 1 aliphatic rings. The van der Waals surface area contributed by atoms with Crippen molar-refractivity contribution in [3.05, 3.63) is 0 Å². The van der Waals surface area contributed by atoms with Crippen LogP contribution in [0.25, 0.3) is 0 Å². The topological polar surface area (TPSA) is 80.5 Å². The zero-order valence-electron chi connectivity index (χ0n) is 9.57. The number of likely N-dealkylation sites (tertiary alicyclic amines) is 1. The molecule has 2 N–H and O–H groups in total. The number of hydrogen-bond donors (Lipinski definition) is 1. The van der Waals surface area contributed by atoms with Crippen molar-refractivity contribution in [3.8, 4) is 0 Å². The van der Waals surface area contributed by atoms with Crippen LogP contribution in [0.3, 0.4) is 0 Å². The molecule has 0 bridgehead atoms. The third-order valence-electron chi connectivity index (χ3n) is 2.86. The molecule has 1 saturated heterocycles. The van der Waals surface area contributed by atoms with E-state index < -0.39 is 0 Å². The third-order valence-corrected chi connectivity index (χ3v) is 2.86. The lowest BCUT2D eigenvalue weighted by Crippen LogP contribution is -2.39. The fourth-order valence-corrected chi connectivity index (χ4v) is 2.00. The molecule has 0 unspecified atom stereocenters. The van der Waals surface area contributed by atoms with Crippen molar-refractivity contribution in [1.82, 2.24) is 4.90 Å². The molecular weight excluding hydrogens is 208 g/mol. The van der Waals surface area contributed by atoms with Crippen LogP contribution in [-0.4, -0.2) is 35.6 Å². The van der Waals surface area contributed by atoms with Gasteiger partial charge in [0.05, 0.1) is 6.42 Å². The summed E-state index contributed by atoms with van der Waals surface area (Å²) in [4.78, 5) is 34.8. The number of rotatable bonds is 4. The van der Waals surface area contributed by atoms with E-state index in [1.54, 1.807) is 4.90 Å². The molecule has 0 atom stereocenters. The zero-order valence-corrected chi connectivity index (χ0v) is 9.57.